The van der Waals surface area contributed by atoms with Crippen LogP contribution in [-0.4, -0.2) is 29.8 Å². The third-order valence-corrected chi connectivity index (χ3v) is 5.50. The van der Waals surface area contributed by atoms with Crippen LogP contribution < -0.4 is 5.32 Å². The monoisotopic (exact) mass is 376 g/mol. The number of rotatable bonds is 6. The average Bonchev–Trinajstić information content (AvgIpc) is 3.00. The normalized spacial score (nSPS) is 25.1. The number of benzene rings is 1. The Morgan fingerprint density at radius 1 is 1.19 bits per heavy atom. The number of hydrogen-bond donors (Lipinski definition) is 1. The number of hydrogen-bond acceptors (Lipinski definition) is 5. The van der Waals surface area contributed by atoms with E-state index < -0.39 is 11.0 Å². The number of nitrogens with one attached hydrogen (secondary N) is 1. The fourth-order valence-corrected chi connectivity index (χ4v) is 4.10. The molecule has 7 heteroatoms. The van der Waals surface area contributed by atoms with Gasteiger partial charge in [-0.1, -0.05) is 25.7 Å². The number of nitro benzene ring substituents is 1. The van der Waals surface area contributed by atoms with Gasteiger partial charge in [0.2, 0.25) is 0 Å². The summed E-state index contributed by atoms with van der Waals surface area (Å²) in [6, 6.07) is 5.66. The molecule has 1 amide bonds. The molecule has 0 aromatic heterocycles. The minimum Gasteiger partial charge on any atom is -0.449 e. The molecule has 27 heavy (non-hydrogen) atoms. The lowest BCUT2D eigenvalue weighted by Gasteiger charge is -2.21. The van der Waals surface area contributed by atoms with E-state index >= 15 is 0 Å². The number of fused-ring (bicyclic) bond motifs is 1. The summed E-state index contributed by atoms with van der Waals surface area (Å²) in [5.41, 5.74) is 0.457. The molecule has 1 heterocycles. The second-order valence-corrected chi connectivity index (χ2v) is 7.49. The maximum absolute atomic E-state index is 11.8. The van der Waals surface area contributed by atoms with Crippen LogP contribution in [-0.2, 0) is 9.47 Å². The molecule has 1 saturated heterocycles. The third kappa shape index (κ3) is 5.92. The van der Waals surface area contributed by atoms with E-state index in [1.807, 2.05) is 0 Å². The van der Waals surface area contributed by atoms with Crippen LogP contribution in [0.3, 0.4) is 0 Å². The Balaban J connectivity index is 1.32. The molecule has 2 aliphatic rings. The Morgan fingerprint density at radius 3 is 2.67 bits per heavy atom. The molecule has 3 atom stereocenters. The number of carbonyl (C=O) groups is 1. The van der Waals surface area contributed by atoms with Gasteiger partial charge in [0.15, 0.2) is 0 Å². The number of ether oxygens (including phenoxy) is 2. The van der Waals surface area contributed by atoms with E-state index in [4.69, 9.17) is 9.47 Å². The summed E-state index contributed by atoms with van der Waals surface area (Å²) in [7, 11) is 0. The second kappa shape index (κ2) is 9.69. The summed E-state index contributed by atoms with van der Waals surface area (Å²) in [6.45, 7) is 0.341. The van der Waals surface area contributed by atoms with Crippen molar-refractivity contribution >= 4 is 17.5 Å². The van der Waals surface area contributed by atoms with Crippen molar-refractivity contribution in [1.29, 1.82) is 0 Å². The Morgan fingerprint density at radius 2 is 1.93 bits per heavy atom. The van der Waals surface area contributed by atoms with Crippen molar-refractivity contribution < 1.29 is 19.2 Å². The molecule has 1 saturated carbocycles. The first-order valence-electron chi connectivity index (χ1n) is 9.95. The molecule has 1 aliphatic heterocycles. The highest BCUT2D eigenvalue weighted by Crippen LogP contribution is 2.36. The van der Waals surface area contributed by atoms with Crippen molar-refractivity contribution in [3.63, 3.8) is 0 Å². The third-order valence-electron chi connectivity index (χ3n) is 5.50. The van der Waals surface area contributed by atoms with Gasteiger partial charge in [-0.25, -0.2) is 4.79 Å². The average molecular weight is 376 g/mol. The standard InChI is InChI=1S/C20H28N2O5/c23-20(21-16-9-11-17(12-10-16)22(24)25)26-13-5-7-18-14-15-6-3-1-2-4-8-19(15)27-18/h9-12,15,18-19H,1-8,13-14H2,(H,21,23). The van der Waals surface area contributed by atoms with Gasteiger partial charge >= 0.3 is 6.09 Å². The molecule has 3 unspecified atom stereocenters. The van der Waals surface area contributed by atoms with Gasteiger partial charge < -0.3 is 9.47 Å². The molecule has 148 valence electrons. The van der Waals surface area contributed by atoms with E-state index in [9.17, 15) is 14.9 Å². The molecule has 0 bridgehead atoms. The number of carbonyl (C=O) groups excluding carboxylic acids is 1. The van der Waals surface area contributed by atoms with E-state index in [1.165, 1.54) is 62.8 Å². The Hall–Kier alpha value is -2.15. The summed E-state index contributed by atoms with van der Waals surface area (Å²) in [6.07, 6.45) is 10.8. The zero-order valence-electron chi connectivity index (χ0n) is 15.6. The van der Waals surface area contributed by atoms with Crippen molar-refractivity contribution in [2.75, 3.05) is 11.9 Å². The molecule has 7 nitrogen and oxygen atoms in total. The Bertz CT molecular complexity index is 618. The van der Waals surface area contributed by atoms with Crippen molar-refractivity contribution in [3.05, 3.63) is 34.4 Å². The van der Waals surface area contributed by atoms with Crippen molar-refractivity contribution in [1.82, 2.24) is 0 Å². The first-order valence-corrected chi connectivity index (χ1v) is 9.95. The number of amides is 1. The number of nitrogens with zero attached hydrogens (tertiary/aromatic N) is 1. The molecular formula is C20H28N2O5. The lowest BCUT2D eigenvalue weighted by atomic mass is 9.87. The fourth-order valence-electron chi connectivity index (χ4n) is 4.10. The van der Waals surface area contributed by atoms with Crippen LogP contribution in [0.15, 0.2) is 24.3 Å². The van der Waals surface area contributed by atoms with Gasteiger partial charge in [0.25, 0.3) is 5.69 Å². The number of nitro groups is 1. The quantitative estimate of drug-likeness (QED) is 0.426. The Labute approximate surface area is 159 Å². The van der Waals surface area contributed by atoms with Gasteiger partial charge in [-0.05, 0) is 50.2 Å². The molecule has 2 fully saturated rings. The maximum atomic E-state index is 11.8. The molecule has 1 aliphatic carbocycles. The van der Waals surface area contributed by atoms with Crippen LogP contribution in [0.4, 0.5) is 16.2 Å². The smallest absolute Gasteiger partial charge is 0.411 e. The van der Waals surface area contributed by atoms with Gasteiger partial charge in [-0.15, -0.1) is 0 Å². The Kier molecular flexibility index (Phi) is 7.04. The van der Waals surface area contributed by atoms with Crippen LogP contribution in [0.5, 0.6) is 0 Å². The van der Waals surface area contributed by atoms with Gasteiger partial charge in [-0.3, -0.25) is 15.4 Å². The predicted molar refractivity (Wildman–Crippen MR) is 102 cm³/mol. The van der Waals surface area contributed by atoms with Crippen molar-refractivity contribution in [2.24, 2.45) is 5.92 Å². The minimum absolute atomic E-state index is 0.0162. The summed E-state index contributed by atoms with van der Waals surface area (Å²) in [4.78, 5) is 21.9. The first kappa shape index (κ1) is 19.6. The van der Waals surface area contributed by atoms with E-state index in [-0.39, 0.29) is 5.69 Å². The highest BCUT2D eigenvalue weighted by molar-refractivity contribution is 5.84. The van der Waals surface area contributed by atoms with Crippen LogP contribution in [0.2, 0.25) is 0 Å². The highest BCUT2D eigenvalue weighted by atomic mass is 16.6. The number of anilines is 1. The second-order valence-electron chi connectivity index (χ2n) is 7.49. The lowest BCUT2D eigenvalue weighted by Crippen LogP contribution is -2.18. The topological polar surface area (TPSA) is 90.7 Å². The van der Waals surface area contributed by atoms with Crippen LogP contribution in [0, 0.1) is 16.0 Å². The van der Waals surface area contributed by atoms with E-state index in [2.05, 4.69) is 5.32 Å². The zero-order chi connectivity index (χ0) is 19.1. The highest BCUT2D eigenvalue weighted by Gasteiger charge is 2.34. The van der Waals surface area contributed by atoms with Crippen LogP contribution in [0.25, 0.3) is 0 Å². The van der Waals surface area contributed by atoms with E-state index in [0.717, 1.165) is 19.3 Å². The summed E-state index contributed by atoms with van der Waals surface area (Å²) in [5, 5.41) is 13.2. The van der Waals surface area contributed by atoms with Crippen molar-refractivity contribution in [3.8, 4) is 0 Å². The van der Waals surface area contributed by atoms with Gasteiger partial charge in [0.1, 0.15) is 0 Å². The molecule has 0 radical (unpaired) electrons. The van der Waals surface area contributed by atoms with Gasteiger partial charge in [-0.2, -0.15) is 0 Å². The molecule has 0 spiro atoms. The first-order chi connectivity index (χ1) is 13.1. The van der Waals surface area contributed by atoms with Crippen LogP contribution in [0.1, 0.15) is 57.8 Å². The summed E-state index contributed by atoms with van der Waals surface area (Å²) >= 11 is 0. The predicted octanol–water partition coefficient (Wildman–Crippen LogP) is 5.05. The molecular weight excluding hydrogens is 348 g/mol. The zero-order valence-corrected chi connectivity index (χ0v) is 15.6. The molecule has 1 N–H and O–H groups in total. The summed E-state index contributed by atoms with van der Waals surface area (Å²) < 4.78 is 11.4. The largest absolute Gasteiger partial charge is 0.449 e. The number of non-ortho nitro benzene ring substituents is 1. The van der Waals surface area contributed by atoms with Crippen molar-refractivity contribution in [2.45, 2.75) is 70.0 Å². The molecule has 1 aromatic rings. The SMILES string of the molecule is O=C(Nc1ccc([N+](=O)[O-])cc1)OCCCC1CC2CCCCCCC2O1. The van der Waals surface area contributed by atoms with E-state index in [1.54, 1.807) is 0 Å². The molecule has 3 rings (SSSR count). The fraction of sp³-hybridized carbons (Fsp3) is 0.650. The van der Waals surface area contributed by atoms with Gasteiger partial charge in [0.05, 0.1) is 23.7 Å². The van der Waals surface area contributed by atoms with E-state index in [0.29, 0.717) is 30.4 Å². The molecule has 1 aromatic carbocycles. The van der Waals surface area contributed by atoms with Gasteiger partial charge in [0, 0.05) is 17.8 Å². The maximum Gasteiger partial charge on any atom is 0.411 e. The lowest BCUT2D eigenvalue weighted by molar-refractivity contribution is -0.384. The van der Waals surface area contributed by atoms with Crippen LogP contribution >= 0.6 is 0 Å². The summed E-state index contributed by atoms with van der Waals surface area (Å²) in [5.74, 6) is 0.710. The minimum atomic E-state index is -0.544.